The van der Waals surface area contributed by atoms with Crippen molar-refractivity contribution in [3.05, 3.63) is 35.0 Å². The van der Waals surface area contributed by atoms with Crippen molar-refractivity contribution in [2.24, 2.45) is 7.05 Å². The standard InChI is InChI=1S/C15H18N2O2/c1-17-13-4-3-7-16-9-12(13)11-8-10(15(18)19-2)5-6-14(11)17/h5-6,8,16H,3-4,7,9H2,1-2H3. The molecule has 4 nitrogen and oxygen atoms in total. The third-order valence-corrected chi connectivity index (χ3v) is 3.93. The van der Waals surface area contributed by atoms with Crippen LogP contribution >= 0.6 is 0 Å². The minimum Gasteiger partial charge on any atom is -0.465 e. The highest BCUT2D eigenvalue weighted by Gasteiger charge is 2.18. The van der Waals surface area contributed by atoms with Gasteiger partial charge in [0.1, 0.15) is 0 Å². The van der Waals surface area contributed by atoms with E-state index in [4.69, 9.17) is 4.74 Å². The van der Waals surface area contributed by atoms with Crippen molar-refractivity contribution in [2.45, 2.75) is 19.4 Å². The Hall–Kier alpha value is -1.81. The van der Waals surface area contributed by atoms with E-state index in [9.17, 15) is 4.79 Å². The van der Waals surface area contributed by atoms with E-state index in [-0.39, 0.29) is 5.97 Å². The van der Waals surface area contributed by atoms with Gasteiger partial charge in [0.25, 0.3) is 0 Å². The van der Waals surface area contributed by atoms with Gasteiger partial charge in [-0.25, -0.2) is 4.79 Å². The van der Waals surface area contributed by atoms with E-state index in [1.165, 1.54) is 23.9 Å². The van der Waals surface area contributed by atoms with E-state index < -0.39 is 0 Å². The number of methoxy groups -OCH3 is 1. The molecule has 3 rings (SSSR count). The lowest BCUT2D eigenvalue weighted by Gasteiger charge is -2.03. The molecule has 2 heterocycles. The number of aromatic nitrogens is 1. The second-order valence-corrected chi connectivity index (χ2v) is 4.99. The molecule has 19 heavy (non-hydrogen) atoms. The van der Waals surface area contributed by atoms with E-state index in [0.29, 0.717) is 5.56 Å². The van der Waals surface area contributed by atoms with Gasteiger partial charge < -0.3 is 14.6 Å². The third-order valence-electron chi connectivity index (χ3n) is 3.93. The Labute approximate surface area is 112 Å². The van der Waals surface area contributed by atoms with Gasteiger partial charge in [0.05, 0.1) is 12.7 Å². The number of nitrogens with zero attached hydrogens (tertiary/aromatic N) is 1. The molecule has 1 N–H and O–H groups in total. The fraction of sp³-hybridized carbons (Fsp3) is 0.400. The molecule has 1 aromatic heterocycles. The van der Waals surface area contributed by atoms with E-state index in [2.05, 4.69) is 16.9 Å². The van der Waals surface area contributed by atoms with Gasteiger partial charge in [0, 0.05) is 30.2 Å². The first-order valence-corrected chi connectivity index (χ1v) is 6.61. The fourth-order valence-corrected chi connectivity index (χ4v) is 2.93. The number of nitrogens with one attached hydrogen (secondary N) is 1. The number of hydrogen-bond acceptors (Lipinski definition) is 3. The molecule has 0 amide bonds. The SMILES string of the molecule is COC(=O)c1ccc2c(c1)c1c(n2C)CCCNC1. The highest BCUT2D eigenvalue weighted by molar-refractivity contribution is 5.96. The number of benzene rings is 1. The summed E-state index contributed by atoms with van der Waals surface area (Å²) >= 11 is 0. The van der Waals surface area contributed by atoms with Crippen LogP contribution < -0.4 is 5.32 Å². The van der Waals surface area contributed by atoms with E-state index in [0.717, 1.165) is 31.3 Å². The van der Waals surface area contributed by atoms with Crippen molar-refractivity contribution in [1.29, 1.82) is 0 Å². The monoisotopic (exact) mass is 258 g/mol. The number of carbonyl (C=O) groups excluding carboxylic acids is 1. The predicted molar refractivity (Wildman–Crippen MR) is 74.3 cm³/mol. The zero-order valence-electron chi connectivity index (χ0n) is 11.3. The summed E-state index contributed by atoms with van der Waals surface area (Å²) in [6.45, 7) is 1.92. The average Bonchev–Trinajstić information content (AvgIpc) is 2.63. The molecule has 0 saturated carbocycles. The van der Waals surface area contributed by atoms with E-state index in [1.807, 2.05) is 18.2 Å². The highest BCUT2D eigenvalue weighted by Crippen LogP contribution is 2.28. The topological polar surface area (TPSA) is 43.3 Å². The molecule has 0 atom stereocenters. The minimum absolute atomic E-state index is 0.277. The van der Waals surface area contributed by atoms with Crippen LogP contribution in [0.3, 0.4) is 0 Å². The Morgan fingerprint density at radius 3 is 3.05 bits per heavy atom. The van der Waals surface area contributed by atoms with Gasteiger partial charge >= 0.3 is 5.97 Å². The van der Waals surface area contributed by atoms with Crippen LogP contribution in [0.25, 0.3) is 10.9 Å². The number of carbonyl (C=O) groups is 1. The Morgan fingerprint density at radius 2 is 2.26 bits per heavy atom. The van der Waals surface area contributed by atoms with Crippen LogP contribution in [0.1, 0.15) is 28.0 Å². The normalized spacial score (nSPS) is 15.1. The maximum Gasteiger partial charge on any atom is 0.337 e. The highest BCUT2D eigenvalue weighted by atomic mass is 16.5. The zero-order chi connectivity index (χ0) is 13.4. The molecule has 100 valence electrons. The first-order chi connectivity index (χ1) is 9.22. The fourth-order valence-electron chi connectivity index (χ4n) is 2.93. The second kappa shape index (κ2) is 4.70. The summed E-state index contributed by atoms with van der Waals surface area (Å²) in [7, 11) is 3.52. The Morgan fingerprint density at radius 1 is 1.42 bits per heavy atom. The lowest BCUT2D eigenvalue weighted by atomic mass is 10.1. The molecule has 0 spiro atoms. The van der Waals surface area contributed by atoms with Crippen molar-refractivity contribution in [1.82, 2.24) is 9.88 Å². The van der Waals surface area contributed by atoms with Gasteiger partial charge in [-0.05, 0) is 43.1 Å². The van der Waals surface area contributed by atoms with Crippen LogP contribution in [-0.4, -0.2) is 24.2 Å². The van der Waals surface area contributed by atoms with Crippen molar-refractivity contribution in [2.75, 3.05) is 13.7 Å². The molecular weight excluding hydrogens is 240 g/mol. The van der Waals surface area contributed by atoms with Crippen molar-refractivity contribution in [3.8, 4) is 0 Å². The second-order valence-electron chi connectivity index (χ2n) is 4.99. The van der Waals surface area contributed by atoms with Gasteiger partial charge in [-0.2, -0.15) is 0 Å². The lowest BCUT2D eigenvalue weighted by Crippen LogP contribution is -2.12. The van der Waals surface area contributed by atoms with Crippen LogP contribution in [0.5, 0.6) is 0 Å². The van der Waals surface area contributed by atoms with Crippen LogP contribution in [0, 0.1) is 0 Å². The first-order valence-electron chi connectivity index (χ1n) is 6.61. The van der Waals surface area contributed by atoms with E-state index >= 15 is 0 Å². The molecule has 2 aromatic rings. The average molecular weight is 258 g/mol. The zero-order valence-corrected chi connectivity index (χ0v) is 11.3. The molecule has 0 fully saturated rings. The quantitative estimate of drug-likeness (QED) is 0.796. The van der Waals surface area contributed by atoms with Gasteiger partial charge in [-0.15, -0.1) is 0 Å². The summed E-state index contributed by atoms with van der Waals surface area (Å²) in [5, 5.41) is 4.60. The molecule has 0 saturated heterocycles. The molecule has 1 aliphatic heterocycles. The number of ether oxygens (including phenoxy) is 1. The summed E-state index contributed by atoms with van der Waals surface area (Å²) < 4.78 is 7.05. The number of fused-ring (bicyclic) bond motifs is 3. The largest absolute Gasteiger partial charge is 0.465 e. The molecule has 1 aromatic carbocycles. The van der Waals surface area contributed by atoms with Crippen molar-refractivity contribution in [3.63, 3.8) is 0 Å². The van der Waals surface area contributed by atoms with Crippen LogP contribution in [0.15, 0.2) is 18.2 Å². The minimum atomic E-state index is -0.277. The van der Waals surface area contributed by atoms with Crippen LogP contribution in [-0.2, 0) is 24.8 Å². The van der Waals surface area contributed by atoms with Gasteiger partial charge in [0.2, 0.25) is 0 Å². The molecule has 4 heteroatoms. The Balaban J connectivity index is 2.21. The molecule has 0 bridgehead atoms. The number of rotatable bonds is 1. The molecular formula is C15H18N2O2. The molecule has 0 aliphatic carbocycles. The van der Waals surface area contributed by atoms with Crippen molar-refractivity contribution >= 4 is 16.9 Å². The molecule has 0 unspecified atom stereocenters. The van der Waals surface area contributed by atoms with Crippen LogP contribution in [0.4, 0.5) is 0 Å². The maximum atomic E-state index is 11.7. The third kappa shape index (κ3) is 1.92. The Kier molecular flexibility index (Phi) is 3.03. The molecule has 0 radical (unpaired) electrons. The molecule has 1 aliphatic rings. The Bertz CT molecular complexity index is 643. The summed E-state index contributed by atoms with van der Waals surface area (Å²) in [5.41, 5.74) is 4.50. The lowest BCUT2D eigenvalue weighted by molar-refractivity contribution is 0.0601. The summed E-state index contributed by atoms with van der Waals surface area (Å²) in [5.74, 6) is -0.277. The number of aryl methyl sites for hydroxylation is 1. The van der Waals surface area contributed by atoms with E-state index in [1.54, 1.807) is 0 Å². The first kappa shape index (κ1) is 12.2. The summed E-state index contributed by atoms with van der Waals surface area (Å²) in [6, 6.07) is 5.80. The predicted octanol–water partition coefficient (Wildman–Crippen LogP) is 2.00. The maximum absolute atomic E-state index is 11.7. The smallest absolute Gasteiger partial charge is 0.337 e. The van der Waals surface area contributed by atoms with Crippen LogP contribution in [0.2, 0.25) is 0 Å². The van der Waals surface area contributed by atoms with Crippen molar-refractivity contribution < 1.29 is 9.53 Å². The summed E-state index contributed by atoms with van der Waals surface area (Å²) in [4.78, 5) is 11.7. The van der Waals surface area contributed by atoms with Gasteiger partial charge in [-0.1, -0.05) is 0 Å². The van der Waals surface area contributed by atoms with Gasteiger partial charge in [0.15, 0.2) is 0 Å². The number of esters is 1. The number of hydrogen-bond donors (Lipinski definition) is 1. The van der Waals surface area contributed by atoms with Gasteiger partial charge in [-0.3, -0.25) is 0 Å². The summed E-state index contributed by atoms with van der Waals surface area (Å²) in [6.07, 6.45) is 2.24.